The van der Waals surface area contributed by atoms with E-state index in [4.69, 9.17) is 11.6 Å². The van der Waals surface area contributed by atoms with Crippen LogP contribution in [0, 0.1) is 5.92 Å². The Balaban J connectivity index is 2.19. The molecule has 0 bridgehead atoms. The predicted molar refractivity (Wildman–Crippen MR) is 83.7 cm³/mol. The van der Waals surface area contributed by atoms with Crippen molar-refractivity contribution in [2.75, 3.05) is 18.1 Å². The molecule has 2 heterocycles. The molecule has 118 valence electrons. The summed E-state index contributed by atoms with van der Waals surface area (Å²) in [5, 5.41) is 10.9. The number of hydrogen-bond acceptors (Lipinski definition) is 3. The zero-order valence-corrected chi connectivity index (χ0v) is 12.9. The average molecular weight is 327 g/mol. The highest BCUT2D eigenvalue weighted by molar-refractivity contribution is 6.31. The number of pyridine rings is 1. The molecule has 0 amide bonds. The quantitative estimate of drug-likeness (QED) is 0.925. The minimum Gasteiger partial charge on any atom is -0.394 e. The van der Waals surface area contributed by atoms with Crippen molar-refractivity contribution in [1.82, 2.24) is 4.98 Å². The first-order chi connectivity index (χ1) is 10.5. The lowest BCUT2D eigenvalue weighted by Crippen LogP contribution is -2.35. The van der Waals surface area contributed by atoms with Crippen LogP contribution in [0.3, 0.4) is 0 Å². The molecule has 2 aromatic rings. The van der Waals surface area contributed by atoms with Crippen molar-refractivity contribution in [3.8, 4) is 0 Å². The summed E-state index contributed by atoms with van der Waals surface area (Å²) in [6.07, 6.45) is -1.72. The number of aliphatic hydroxyl groups is 1. The number of hydrogen-bond donors (Lipinski definition) is 1. The Hall–Kier alpha value is -1.46. The molecule has 0 spiro atoms. The molecule has 2 unspecified atom stereocenters. The predicted octanol–water partition coefficient (Wildman–Crippen LogP) is 4.03. The molecule has 1 aliphatic rings. The molecule has 3 rings (SSSR count). The summed E-state index contributed by atoms with van der Waals surface area (Å²) in [6.45, 7) is 2.78. The molecule has 1 N–H and O–H groups in total. The van der Waals surface area contributed by atoms with Gasteiger partial charge in [-0.25, -0.2) is 13.8 Å². The molecule has 22 heavy (non-hydrogen) atoms. The maximum absolute atomic E-state index is 13.1. The number of alkyl halides is 2. The van der Waals surface area contributed by atoms with Gasteiger partial charge in [0.25, 0.3) is 6.43 Å². The van der Waals surface area contributed by atoms with Crippen molar-refractivity contribution < 1.29 is 13.9 Å². The van der Waals surface area contributed by atoms with Crippen LogP contribution in [-0.2, 0) is 0 Å². The second kappa shape index (κ2) is 5.97. The van der Waals surface area contributed by atoms with Crippen LogP contribution in [0.15, 0.2) is 24.3 Å². The Labute approximate surface area is 132 Å². The topological polar surface area (TPSA) is 36.4 Å². The highest BCUT2D eigenvalue weighted by atomic mass is 35.5. The number of aliphatic hydroxyl groups excluding tert-OH is 1. The molecule has 1 aromatic carbocycles. The summed E-state index contributed by atoms with van der Waals surface area (Å²) < 4.78 is 26.3. The summed E-state index contributed by atoms with van der Waals surface area (Å²) in [6, 6.07) is 6.39. The molecule has 1 aliphatic heterocycles. The average Bonchev–Trinajstić information content (AvgIpc) is 2.86. The molecule has 2 atom stereocenters. The van der Waals surface area contributed by atoms with Crippen LogP contribution in [0.1, 0.15) is 25.5 Å². The summed E-state index contributed by atoms with van der Waals surface area (Å²) in [5.74, 6) is 0.308. The van der Waals surface area contributed by atoms with Crippen LogP contribution in [-0.4, -0.2) is 29.3 Å². The highest BCUT2D eigenvalue weighted by Crippen LogP contribution is 2.37. The molecule has 1 aromatic heterocycles. The fourth-order valence-corrected chi connectivity index (χ4v) is 3.31. The van der Waals surface area contributed by atoms with Gasteiger partial charge in [0.15, 0.2) is 0 Å². The zero-order chi connectivity index (χ0) is 15.9. The number of nitrogens with zero attached hydrogens (tertiary/aromatic N) is 2. The van der Waals surface area contributed by atoms with Gasteiger partial charge in [-0.3, -0.25) is 0 Å². The van der Waals surface area contributed by atoms with E-state index in [1.54, 1.807) is 18.2 Å². The number of fused-ring (bicyclic) bond motifs is 1. The normalized spacial score (nSPS) is 22.0. The van der Waals surface area contributed by atoms with Crippen LogP contribution in [0.5, 0.6) is 0 Å². The Morgan fingerprint density at radius 2 is 2.18 bits per heavy atom. The van der Waals surface area contributed by atoms with E-state index in [2.05, 4.69) is 11.9 Å². The van der Waals surface area contributed by atoms with E-state index < -0.39 is 6.43 Å². The third kappa shape index (κ3) is 2.63. The first-order valence-corrected chi connectivity index (χ1v) is 7.65. The summed E-state index contributed by atoms with van der Waals surface area (Å²) in [7, 11) is 0. The standard InChI is InChI=1S/C16H17ClF2N2O/c1-9-4-5-21(15(9)8-22)14-7-13(16(18)19)20-12-3-2-10(17)6-11(12)14/h2-3,6-7,9,15-16,22H,4-5,8H2,1H3. The lowest BCUT2D eigenvalue weighted by Gasteiger charge is -2.29. The third-order valence-corrected chi connectivity index (χ3v) is 4.61. The van der Waals surface area contributed by atoms with Gasteiger partial charge in [-0.2, -0.15) is 0 Å². The summed E-state index contributed by atoms with van der Waals surface area (Å²) in [5.41, 5.74) is 0.917. The van der Waals surface area contributed by atoms with Gasteiger partial charge in [0, 0.05) is 22.6 Å². The van der Waals surface area contributed by atoms with Gasteiger partial charge in [0.05, 0.1) is 18.2 Å². The molecule has 6 heteroatoms. The van der Waals surface area contributed by atoms with Gasteiger partial charge in [0.1, 0.15) is 5.69 Å². The lowest BCUT2D eigenvalue weighted by atomic mass is 10.0. The molecular formula is C16H17ClF2N2O. The first kappa shape index (κ1) is 15.4. The van der Waals surface area contributed by atoms with Crippen molar-refractivity contribution in [1.29, 1.82) is 0 Å². The number of rotatable bonds is 3. The van der Waals surface area contributed by atoms with Crippen molar-refractivity contribution in [2.45, 2.75) is 25.8 Å². The number of halogens is 3. The van der Waals surface area contributed by atoms with Crippen LogP contribution >= 0.6 is 11.6 Å². The van der Waals surface area contributed by atoms with Gasteiger partial charge in [-0.15, -0.1) is 0 Å². The smallest absolute Gasteiger partial charge is 0.280 e. The SMILES string of the molecule is CC1CCN(c2cc(C(F)F)nc3ccc(Cl)cc23)C1CO. The van der Waals surface area contributed by atoms with Crippen molar-refractivity contribution in [2.24, 2.45) is 5.92 Å². The Morgan fingerprint density at radius 1 is 1.41 bits per heavy atom. The minimum atomic E-state index is -2.63. The van der Waals surface area contributed by atoms with Crippen LogP contribution in [0.25, 0.3) is 10.9 Å². The first-order valence-electron chi connectivity index (χ1n) is 7.27. The number of benzene rings is 1. The largest absolute Gasteiger partial charge is 0.394 e. The van der Waals surface area contributed by atoms with E-state index in [-0.39, 0.29) is 18.3 Å². The van der Waals surface area contributed by atoms with E-state index in [9.17, 15) is 13.9 Å². The van der Waals surface area contributed by atoms with Crippen molar-refractivity contribution in [3.63, 3.8) is 0 Å². The monoisotopic (exact) mass is 326 g/mol. The maximum atomic E-state index is 13.1. The van der Waals surface area contributed by atoms with Crippen molar-refractivity contribution in [3.05, 3.63) is 35.0 Å². The summed E-state index contributed by atoms with van der Waals surface area (Å²) in [4.78, 5) is 6.02. The zero-order valence-electron chi connectivity index (χ0n) is 12.1. The van der Waals surface area contributed by atoms with Gasteiger partial charge < -0.3 is 10.0 Å². The second-order valence-electron chi connectivity index (χ2n) is 5.74. The van der Waals surface area contributed by atoms with E-state index in [0.29, 0.717) is 22.1 Å². The molecule has 1 saturated heterocycles. The molecule has 1 fully saturated rings. The molecule has 0 saturated carbocycles. The van der Waals surface area contributed by atoms with E-state index >= 15 is 0 Å². The summed E-state index contributed by atoms with van der Waals surface area (Å²) >= 11 is 6.05. The van der Waals surface area contributed by atoms with E-state index in [0.717, 1.165) is 18.4 Å². The van der Waals surface area contributed by atoms with Crippen LogP contribution in [0.2, 0.25) is 5.02 Å². The van der Waals surface area contributed by atoms with Crippen LogP contribution in [0.4, 0.5) is 14.5 Å². The Kier molecular flexibility index (Phi) is 4.19. The van der Waals surface area contributed by atoms with Gasteiger partial charge in [-0.1, -0.05) is 18.5 Å². The third-order valence-electron chi connectivity index (χ3n) is 4.37. The molecular weight excluding hydrogens is 310 g/mol. The van der Waals surface area contributed by atoms with Crippen LogP contribution < -0.4 is 4.90 Å². The lowest BCUT2D eigenvalue weighted by molar-refractivity contribution is 0.146. The Morgan fingerprint density at radius 3 is 2.86 bits per heavy atom. The van der Waals surface area contributed by atoms with Gasteiger partial charge in [0.2, 0.25) is 0 Å². The fourth-order valence-electron chi connectivity index (χ4n) is 3.14. The number of anilines is 1. The van der Waals surface area contributed by atoms with E-state index in [1.807, 2.05) is 4.90 Å². The molecule has 0 aliphatic carbocycles. The maximum Gasteiger partial charge on any atom is 0.280 e. The fraction of sp³-hybridized carbons (Fsp3) is 0.438. The highest BCUT2D eigenvalue weighted by Gasteiger charge is 2.32. The Bertz CT molecular complexity index is 695. The minimum absolute atomic E-state index is 0.00440. The van der Waals surface area contributed by atoms with Gasteiger partial charge in [-0.05, 0) is 36.6 Å². The van der Waals surface area contributed by atoms with Gasteiger partial charge >= 0.3 is 0 Å². The molecule has 3 nitrogen and oxygen atoms in total. The number of aromatic nitrogens is 1. The molecule has 0 radical (unpaired) electrons. The second-order valence-corrected chi connectivity index (χ2v) is 6.17. The van der Waals surface area contributed by atoms with Crippen molar-refractivity contribution >= 4 is 28.2 Å². The van der Waals surface area contributed by atoms with E-state index in [1.165, 1.54) is 6.07 Å².